The van der Waals surface area contributed by atoms with Crippen molar-refractivity contribution < 1.29 is 20.4 Å². The highest BCUT2D eigenvalue weighted by Gasteiger charge is 2.32. The zero-order valence-electron chi connectivity index (χ0n) is 17.6. The molecule has 4 heteroatoms. The van der Waals surface area contributed by atoms with Crippen molar-refractivity contribution in [1.82, 2.24) is 0 Å². The maximum atomic E-state index is 10.9. The van der Waals surface area contributed by atoms with E-state index < -0.39 is 5.41 Å². The molecule has 4 aromatic carbocycles. The fourth-order valence-electron chi connectivity index (χ4n) is 4.63. The van der Waals surface area contributed by atoms with Crippen LogP contribution in [0.4, 0.5) is 0 Å². The fraction of sp³-hybridized carbons (Fsp3) is 0.231. The average Bonchev–Trinajstić information content (AvgIpc) is 2.66. The molecule has 0 amide bonds. The van der Waals surface area contributed by atoms with Gasteiger partial charge >= 0.3 is 0 Å². The highest BCUT2D eigenvalue weighted by atomic mass is 16.3. The molecule has 0 atom stereocenters. The van der Waals surface area contributed by atoms with Crippen LogP contribution in [0, 0.1) is 0 Å². The van der Waals surface area contributed by atoms with Gasteiger partial charge in [0.25, 0.3) is 0 Å². The highest BCUT2D eigenvalue weighted by Crippen LogP contribution is 2.47. The summed E-state index contributed by atoms with van der Waals surface area (Å²) in [6.45, 7) is 7.98. The molecule has 4 aromatic rings. The number of fused-ring (bicyclic) bond motifs is 2. The van der Waals surface area contributed by atoms with Gasteiger partial charge in [-0.1, -0.05) is 45.9 Å². The van der Waals surface area contributed by atoms with Crippen LogP contribution in [0.5, 0.6) is 23.0 Å². The lowest BCUT2D eigenvalue weighted by Crippen LogP contribution is -2.20. The molecule has 0 aromatic heterocycles. The van der Waals surface area contributed by atoms with E-state index >= 15 is 0 Å². The van der Waals surface area contributed by atoms with Crippen LogP contribution < -0.4 is 0 Å². The number of aromatic hydroxyl groups is 4. The monoisotopic (exact) mass is 402 g/mol. The van der Waals surface area contributed by atoms with Gasteiger partial charge in [-0.3, -0.25) is 0 Å². The molecule has 4 N–H and O–H groups in total. The molecule has 0 saturated heterocycles. The summed E-state index contributed by atoms with van der Waals surface area (Å²) in [6.07, 6.45) is 0. The van der Waals surface area contributed by atoms with Crippen LogP contribution in [0.3, 0.4) is 0 Å². The molecule has 0 aliphatic carbocycles. The Bertz CT molecular complexity index is 1280. The largest absolute Gasteiger partial charge is 0.508 e. The fourth-order valence-corrected chi connectivity index (χ4v) is 4.63. The summed E-state index contributed by atoms with van der Waals surface area (Å²) < 4.78 is 0. The summed E-state index contributed by atoms with van der Waals surface area (Å²) in [4.78, 5) is 0. The van der Waals surface area contributed by atoms with Crippen LogP contribution in [-0.4, -0.2) is 20.4 Å². The van der Waals surface area contributed by atoms with Crippen molar-refractivity contribution in [2.45, 2.75) is 39.0 Å². The highest BCUT2D eigenvalue weighted by molar-refractivity contribution is 5.96. The minimum atomic E-state index is -0.740. The van der Waals surface area contributed by atoms with Crippen LogP contribution >= 0.6 is 0 Å². The molecule has 0 unspecified atom stereocenters. The maximum Gasteiger partial charge on any atom is 0.120 e. The molecule has 0 fully saturated rings. The minimum Gasteiger partial charge on any atom is -0.508 e. The van der Waals surface area contributed by atoms with E-state index in [-0.39, 0.29) is 28.9 Å². The molecule has 154 valence electrons. The predicted molar refractivity (Wildman–Crippen MR) is 121 cm³/mol. The molecular weight excluding hydrogens is 376 g/mol. The Morgan fingerprint density at radius 1 is 0.667 bits per heavy atom. The molecule has 0 aliphatic rings. The summed E-state index contributed by atoms with van der Waals surface area (Å²) in [5.74, 6) is 0.648. The van der Waals surface area contributed by atoms with E-state index in [1.807, 2.05) is 45.9 Å². The Hall–Kier alpha value is -3.40. The first-order valence-corrected chi connectivity index (χ1v) is 10.1. The van der Waals surface area contributed by atoms with Crippen LogP contribution in [0.2, 0.25) is 0 Å². The van der Waals surface area contributed by atoms with Crippen LogP contribution in [-0.2, 0) is 5.41 Å². The van der Waals surface area contributed by atoms with E-state index in [0.29, 0.717) is 5.56 Å². The van der Waals surface area contributed by atoms with Crippen molar-refractivity contribution >= 4 is 21.5 Å². The Balaban J connectivity index is 2.12. The van der Waals surface area contributed by atoms with Crippen molar-refractivity contribution in [2.75, 3.05) is 0 Å². The number of phenols is 4. The molecule has 0 radical (unpaired) electrons. The van der Waals surface area contributed by atoms with Crippen molar-refractivity contribution in [3.05, 3.63) is 71.3 Å². The van der Waals surface area contributed by atoms with Gasteiger partial charge in [0.1, 0.15) is 23.0 Å². The predicted octanol–water partition coefficient (Wildman–Crippen LogP) is 6.26. The second kappa shape index (κ2) is 6.84. The zero-order valence-corrected chi connectivity index (χ0v) is 17.6. The first-order chi connectivity index (χ1) is 14.1. The van der Waals surface area contributed by atoms with Gasteiger partial charge in [-0.25, -0.2) is 0 Å². The van der Waals surface area contributed by atoms with Crippen LogP contribution in [0.1, 0.15) is 50.3 Å². The van der Waals surface area contributed by atoms with Crippen LogP contribution in [0.15, 0.2) is 54.6 Å². The Labute approximate surface area is 175 Å². The van der Waals surface area contributed by atoms with E-state index in [1.54, 1.807) is 36.4 Å². The number of hydrogen-bond donors (Lipinski definition) is 4. The van der Waals surface area contributed by atoms with Crippen molar-refractivity contribution in [3.8, 4) is 23.0 Å². The van der Waals surface area contributed by atoms with Gasteiger partial charge in [-0.05, 0) is 69.4 Å². The second-order valence-corrected chi connectivity index (χ2v) is 8.73. The molecule has 0 saturated carbocycles. The van der Waals surface area contributed by atoms with Gasteiger partial charge in [0.05, 0.1) is 0 Å². The molecule has 30 heavy (non-hydrogen) atoms. The summed E-state index contributed by atoms with van der Waals surface area (Å²) in [6, 6.07) is 15.4. The third-order valence-corrected chi connectivity index (χ3v) is 6.00. The lowest BCUT2D eigenvalue weighted by atomic mass is 9.73. The van der Waals surface area contributed by atoms with E-state index in [9.17, 15) is 20.4 Å². The third kappa shape index (κ3) is 3.00. The number of rotatable bonds is 3. The lowest BCUT2D eigenvalue weighted by Gasteiger charge is -2.31. The Morgan fingerprint density at radius 3 is 1.93 bits per heavy atom. The van der Waals surface area contributed by atoms with Gasteiger partial charge in [-0.15, -0.1) is 0 Å². The van der Waals surface area contributed by atoms with Crippen molar-refractivity contribution in [3.63, 3.8) is 0 Å². The summed E-state index contributed by atoms with van der Waals surface area (Å²) >= 11 is 0. The second-order valence-electron chi connectivity index (χ2n) is 8.73. The van der Waals surface area contributed by atoms with Gasteiger partial charge in [0, 0.05) is 16.5 Å². The molecule has 4 nitrogen and oxygen atoms in total. The zero-order chi connectivity index (χ0) is 21.8. The molecule has 0 bridgehead atoms. The number of phenolic OH excluding ortho intramolecular Hbond substituents is 4. The first-order valence-electron chi connectivity index (χ1n) is 10.1. The summed E-state index contributed by atoms with van der Waals surface area (Å²) in [5.41, 5.74) is 1.51. The van der Waals surface area contributed by atoms with E-state index in [4.69, 9.17) is 0 Å². The Kier molecular flexibility index (Phi) is 4.53. The van der Waals surface area contributed by atoms with Gasteiger partial charge < -0.3 is 20.4 Å². The Morgan fingerprint density at radius 2 is 1.27 bits per heavy atom. The van der Waals surface area contributed by atoms with E-state index in [0.717, 1.165) is 32.7 Å². The average molecular weight is 402 g/mol. The summed E-state index contributed by atoms with van der Waals surface area (Å²) in [5, 5.41) is 45.3. The van der Waals surface area contributed by atoms with Crippen molar-refractivity contribution in [1.29, 1.82) is 0 Å². The minimum absolute atomic E-state index is 0.0945. The normalized spacial score (nSPS) is 12.2. The quantitative estimate of drug-likeness (QED) is 0.326. The van der Waals surface area contributed by atoms with Gasteiger partial charge in [0.2, 0.25) is 0 Å². The number of hydrogen-bond acceptors (Lipinski definition) is 4. The van der Waals surface area contributed by atoms with E-state index in [1.165, 1.54) is 0 Å². The standard InChI is InChI=1S/C26H26O4/c1-14(2)24-18-9-8-17(28)12-20(18)21(13-23(24)30)26(3,4)25-19-11-16(27)7-5-15(19)6-10-22(25)29/h5-14,27-30H,1-4H3. The van der Waals surface area contributed by atoms with Gasteiger partial charge in [-0.2, -0.15) is 0 Å². The molecule has 0 spiro atoms. The third-order valence-electron chi connectivity index (χ3n) is 6.00. The lowest BCUT2D eigenvalue weighted by molar-refractivity contribution is 0.451. The molecule has 0 heterocycles. The smallest absolute Gasteiger partial charge is 0.120 e. The van der Waals surface area contributed by atoms with E-state index in [2.05, 4.69) is 0 Å². The first kappa shape index (κ1) is 19.9. The molecule has 4 rings (SSSR count). The SMILES string of the molecule is CC(C)c1c(O)cc(C(C)(C)c2c(O)ccc3ccc(O)cc23)c2cc(O)ccc12. The topological polar surface area (TPSA) is 80.9 Å². The maximum absolute atomic E-state index is 10.9. The molecular formula is C26H26O4. The van der Waals surface area contributed by atoms with Gasteiger partial charge in [0.15, 0.2) is 0 Å². The van der Waals surface area contributed by atoms with Crippen LogP contribution in [0.25, 0.3) is 21.5 Å². The summed E-state index contributed by atoms with van der Waals surface area (Å²) in [7, 11) is 0. The molecule has 0 aliphatic heterocycles. The van der Waals surface area contributed by atoms with Crippen molar-refractivity contribution in [2.24, 2.45) is 0 Å². The number of benzene rings is 4.